The van der Waals surface area contributed by atoms with E-state index in [1.165, 1.54) is 16.5 Å². The first-order valence-corrected chi connectivity index (χ1v) is 10.1. The van der Waals surface area contributed by atoms with E-state index in [4.69, 9.17) is 4.74 Å². The molecule has 158 valence electrons. The third-order valence-corrected chi connectivity index (χ3v) is 5.68. The largest absolute Gasteiger partial charge is 0.494 e. The van der Waals surface area contributed by atoms with E-state index in [2.05, 4.69) is 4.98 Å². The van der Waals surface area contributed by atoms with Gasteiger partial charge in [-0.2, -0.15) is 0 Å². The van der Waals surface area contributed by atoms with Gasteiger partial charge in [-0.25, -0.2) is 9.38 Å². The highest BCUT2D eigenvalue weighted by molar-refractivity contribution is 5.79. The Kier molecular flexibility index (Phi) is 4.67. The van der Waals surface area contributed by atoms with Crippen molar-refractivity contribution >= 4 is 22.5 Å². The average molecular weight is 420 g/mol. The van der Waals surface area contributed by atoms with Gasteiger partial charge in [-0.1, -0.05) is 24.3 Å². The number of nitro benzene ring substituents is 1. The summed E-state index contributed by atoms with van der Waals surface area (Å²) in [6.07, 6.45) is 1.78. The molecule has 1 fully saturated rings. The zero-order chi connectivity index (χ0) is 21.5. The van der Waals surface area contributed by atoms with E-state index in [1.54, 1.807) is 22.8 Å². The Labute approximate surface area is 176 Å². The van der Waals surface area contributed by atoms with Crippen molar-refractivity contribution in [2.75, 3.05) is 6.61 Å². The highest BCUT2D eigenvalue weighted by atomic mass is 16.6. The Balaban J connectivity index is 1.72. The van der Waals surface area contributed by atoms with E-state index in [0.717, 1.165) is 12.8 Å². The maximum atomic E-state index is 13.4. The first kappa shape index (κ1) is 19.3. The first-order chi connectivity index (χ1) is 15.0. The molecular formula is C22H20N4O5. The van der Waals surface area contributed by atoms with E-state index < -0.39 is 10.5 Å². The lowest BCUT2D eigenvalue weighted by molar-refractivity contribution is -0.384. The first-order valence-electron chi connectivity index (χ1n) is 10.1. The highest BCUT2D eigenvalue weighted by Crippen LogP contribution is 2.26. The van der Waals surface area contributed by atoms with Crippen LogP contribution in [-0.4, -0.2) is 36.7 Å². The third kappa shape index (κ3) is 3.32. The van der Waals surface area contributed by atoms with Crippen LogP contribution in [-0.2, 0) is 17.7 Å². The second-order valence-corrected chi connectivity index (χ2v) is 7.69. The van der Waals surface area contributed by atoms with Gasteiger partial charge in [0, 0.05) is 25.2 Å². The van der Waals surface area contributed by atoms with Crippen molar-refractivity contribution in [3.05, 3.63) is 80.1 Å². The molecule has 0 saturated carbocycles. The summed E-state index contributed by atoms with van der Waals surface area (Å²) >= 11 is 0. The molecule has 1 aliphatic heterocycles. The topological polar surface area (TPSA) is 112 Å². The van der Waals surface area contributed by atoms with Gasteiger partial charge in [-0.05, 0) is 30.5 Å². The fraction of sp³-hybridized carbons (Fsp3) is 0.273. The van der Waals surface area contributed by atoms with Crippen LogP contribution in [0.15, 0.2) is 53.3 Å². The van der Waals surface area contributed by atoms with E-state index >= 15 is 0 Å². The number of hydrogen-bond acceptors (Lipinski definition) is 6. The van der Waals surface area contributed by atoms with Crippen molar-refractivity contribution < 1.29 is 14.8 Å². The second-order valence-electron chi connectivity index (χ2n) is 7.69. The summed E-state index contributed by atoms with van der Waals surface area (Å²) in [5.41, 5.74) is 1.56. The molecular weight excluding hydrogens is 400 g/mol. The van der Waals surface area contributed by atoms with Crippen LogP contribution in [0.3, 0.4) is 0 Å². The predicted octanol–water partition coefficient (Wildman–Crippen LogP) is 3.03. The molecule has 1 unspecified atom stereocenters. The summed E-state index contributed by atoms with van der Waals surface area (Å²) in [7, 11) is 0. The Morgan fingerprint density at radius 2 is 2.06 bits per heavy atom. The molecule has 9 nitrogen and oxygen atoms in total. The standard InChI is InChI=1S/C22H20N4O5/c27-20-17(12-14-5-3-6-15(11-14)26(29)30)21(28)25-19-9-2-1-8-18(19)23-22(25)24(20)13-16-7-4-10-31-16/h1-3,5-6,8-9,11,16,27H,4,7,10,12-13H2. The normalized spacial score (nSPS) is 16.3. The lowest BCUT2D eigenvalue weighted by Crippen LogP contribution is -2.26. The van der Waals surface area contributed by atoms with Gasteiger partial charge in [0.05, 0.1) is 34.2 Å². The molecule has 31 heavy (non-hydrogen) atoms. The fourth-order valence-corrected chi connectivity index (χ4v) is 4.18. The molecule has 1 N–H and O–H groups in total. The van der Waals surface area contributed by atoms with Gasteiger partial charge >= 0.3 is 0 Å². The second kappa shape index (κ2) is 7.51. The molecule has 2 aromatic heterocycles. The zero-order valence-corrected chi connectivity index (χ0v) is 16.6. The molecule has 5 rings (SSSR count). The van der Waals surface area contributed by atoms with Gasteiger partial charge in [0.15, 0.2) is 0 Å². The number of fused-ring (bicyclic) bond motifs is 3. The quantitative estimate of drug-likeness (QED) is 0.392. The molecule has 0 bridgehead atoms. The van der Waals surface area contributed by atoms with Crippen molar-refractivity contribution in [1.82, 2.24) is 14.0 Å². The third-order valence-electron chi connectivity index (χ3n) is 5.68. The molecule has 2 aromatic carbocycles. The predicted molar refractivity (Wildman–Crippen MR) is 113 cm³/mol. The molecule has 1 aliphatic rings. The van der Waals surface area contributed by atoms with E-state index in [0.29, 0.717) is 35.5 Å². The smallest absolute Gasteiger partial charge is 0.269 e. The van der Waals surface area contributed by atoms with Crippen molar-refractivity contribution in [2.45, 2.75) is 31.9 Å². The molecule has 3 heterocycles. The van der Waals surface area contributed by atoms with E-state index in [1.807, 2.05) is 18.2 Å². The Morgan fingerprint density at radius 3 is 2.84 bits per heavy atom. The number of aromatic hydroxyl groups is 1. The van der Waals surface area contributed by atoms with Crippen LogP contribution < -0.4 is 5.56 Å². The number of nitrogens with zero attached hydrogens (tertiary/aromatic N) is 4. The number of ether oxygens (including phenoxy) is 1. The van der Waals surface area contributed by atoms with Gasteiger partial charge < -0.3 is 9.84 Å². The van der Waals surface area contributed by atoms with E-state index in [9.17, 15) is 20.0 Å². The minimum Gasteiger partial charge on any atom is -0.494 e. The Morgan fingerprint density at radius 1 is 1.23 bits per heavy atom. The molecule has 9 heteroatoms. The summed E-state index contributed by atoms with van der Waals surface area (Å²) in [5, 5.41) is 22.3. The summed E-state index contributed by atoms with van der Waals surface area (Å²) in [6, 6.07) is 13.4. The van der Waals surface area contributed by atoms with Crippen LogP contribution in [0.2, 0.25) is 0 Å². The van der Waals surface area contributed by atoms with Crippen molar-refractivity contribution in [3.8, 4) is 5.88 Å². The SMILES string of the molecule is O=c1c(Cc2cccc([N+](=O)[O-])c2)c(O)n(CC2CCCO2)c2nc3ccccc3n12. The lowest BCUT2D eigenvalue weighted by atomic mass is 10.1. The van der Waals surface area contributed by atoms with Gasteiger partial charge in [0.1, 0.15) is 0 Å². The monoisotopic (exact) mass is 420 g/mol. The number of imidazole rings is 1. The summed E-state index contributed by atoms with van der Waals surface area (Å²) < 4.78 is 8.86. The number of hydrogen-bond donors (Lipinski definition) is 1. The van der Waals surface area contributed by atoms with Crippen LogP contribution in [0.4, 0.5) is 5.69 Å². The Bertz CT molecular complexity index is 1370. The molecule has 1 saturated heterocycles. The zero-order valence-electron chi connectivity index (χ0n) is 16.6. The van der Waals surface area contributed by atoms with Gasteiger partial charge in [0.25, 0.3) is 11.2 Å². The molecule has 0 amide bonds. The molecule has 0 radical (unpaired) electrons. The number of nitro groups is 1. The van der Waals surface area contributed by atoms with Crippen LogP contribution in [0.25, 0.3) is 16.8 Å². The van der Waals surface area contributed by atoms with Gasteiger partial charge in [-0.3, -0.25) is 19.5 Å². The minimum atomic E-state index is -0.481. The number of benzene rings is 2. The van der Waals surface area contributed by atoms with Crippen molar-refractivity contribution in [1.29, 1.82) is 0 Å². The minimum absolute atomic E-state index is 0.0559. The lowest BCUT2D eigenvalue weighted by Gasteiger charge is -2.17. The van der Waals surface area contributed by atoms with Crippen molar-refractivity contribution in [2.24, 2.45) is 0 Å². The Hall–Kier alpha value is -3.72. The summed E-state index contributed by atoms with van der Waals surface area (Å²) in [6.45, 7) is 1.03. The average Bonchev–Trinajstić information content (AvgIpc) is 3.42. The fourth-order valence-electron chi connectivity index (χ4n) is 4.18. The van der Waals surface area contributed by atoms with Gasteiger partial charge in [-0.15, -0.1) is 0 Å². The maximum absolute atomic E-state index is 13.4. The van der Waals surface area contributed by atoms with Crippen LogP contribution in [0.5, 0.6) is 5.88 Å². The van der Waals surface area contributed by atoms with Crippen LogP contribution >= 0.6 is 0 Å². The van der Waals surface area contributed by atoms with Crippen LogP contribution in [0, 0.1) is 10.1 Å². The number of aromatic nitrogens is 3. The van der Waals surface area contributed by atoms with E-state index in [-0.39, 0.29) is 29.7 Å². The van der Waals surface area contributed by atoms with Crippen molar-refractivity contribution in [3.63, 3.8) is 0 Å². The molecule has 4 aromatic rings. The number of rotatable bonds is 5. The molecule has 1 atom stereocenters. The highest BCUT2D eigenvalue weighted by Gasteiger charge is 2.24. The summed E-state index contributed by atoms with van der Waals surface area (Å²) in [4.78, 5) is 28.7. The summed E-state index contributed by atoms with van der Waals surface area (Å²) in [5.74, 6) is 0.164. The molecule has 0 aliphatic carbocycles. The van der Waals surface area contributed by atoms with Gasteiger partial charge in [0.2, 0.25) is 11.7 Å². The number of para-hydroxylation sites is 2. The molecule has 0 spiro atoms. The van der Waals surface area contributed by atoms with Crippen LogP contribution in [0.1, 0.15) is 24.0 Å². The number of non-ortho nitro benzene ring substituents is 1. The maximum Gasteiger partial charge on any atom is 0.269 e.